The Morgan fingerprint density at radius 1 is 1.07 bits per heavy atom. The first-order valence-corrected chi connectivity index (χ1v) is 11.3. The van der Waals surface area contributed by atoms with Crippen LogP contribution in [0.4, 0.5) is 5.69 Å². The van der Waals surface area contributed by atoms with E-state index in [2.05, 4.69) is 34.7 Å². The molecule has 0 bridgehead atoms. The van der Waals surface area contributed by atoms with Crippen LogP contribution >= 0.6 is 0 Å². The summed E-state index contributed by atoms with van der Waals surface area (Å²) >= 11 is 0. The molecule has 2 aromatic carbocycles. The van der Waals surface area contributed by atoms with Crippen molar-refractivity contribution in [2.75, 3.05) is 30.2 Å². The van der Waals surface area contributed by atoms with E-state index in [-0.39, 0.29) is 5.75 Å². The van der Waals surface area contributed by atoms with Gasteiger partial charge in [0.1, 0.15) is 0 Å². The summed E-state index contributed by atoms with van der Waals surface area (Å²) in [7, 11) is -1.68. The molecule has 0 saturated heterocycles. The van der Waals surface area contributed by atoms with Gasteiger partial charge < -0.3 is 10.6 Å². The largest absolute Gasteiger partial charge is 0.355 e. The van der Waals surface area contributed by atoms with Crippen LogP contribution in [0.25, 0.3) is 0 Å². The second kappa shape index (κ2) is 9.10. The van der Waals surface area contributed by atoms with Crippen LogP contribution in [0.5, 0.6) is 0 Å². The van der Waals surface area contributed by atoms with Crippen molar-refractivity contribution in [2.45, 2.75) is 26.3 Å². The van der Waals surface area contributed by atoms with E-state index in [9.17, 15) is 8.42 Å². The van der Waals surface area contributed by atoms with Crippen molar-refractivity contribution >= 4 is 21.7 Å². The zero-order chi connectivity index (χ0) is 20.0. The molecular formula is C21H28N4O2S. The molecule has 1 heterocycles. The van der Waals surface area contributed by atoms with Crippen LogP contribution in [-0.4, -0.2) is 40.3 Å². The minimum absolute atomic E-state index is 0.0214. The smallest absolute Gasteiger partial charge is 0.236 e. The summed E-state index contributed by atoms with van der Waals surface area (Å²) in [4.78, 5) is 4.20. The van der Waals surface area contributed by atoms with Crippen molar-refractivity contribution in [1.82, 2.24) is 10.6 Å². The molecule has 2 N–H and O–H groups in total. The number of fused-ring (bicyclic) bond motifs is 1. The lowest BCUT2D eigenvalue weighted by Gasteiger charge is -2.20. The van der Waals surface area contributed by atoms with Crippen LogP contribution in [0.2, 0.25) is 0 Å². The fourth-order valence-corrected chi connectivity index (χ4v) is 4.91. The van der Waals surface area contributed by atoms with Gasteiger partial charge in [-0.3, -0.25) is 9.30 Å². The van der Waals surface area contributed by atoms with Crippen molar-refractivity contribution in [3.8, 4) is 0 Å². The van der Waals surface area contributed by atoms with Crippen LogP contribution in [0.15, 0.2) is 53.5 Å². The lowest BCUT2D eigenvalue weighted by atomic mass is 10.1. The predicted octanol–water partition coefficient (Wildman–Crippen LogP) is 2.31. The molecule has 0 amide bonds. The zero-order valence-electron chi connectivity index (χ0n) is 16.5. The topological polar surface area (TPSA) is 73.8 Å². The summed E-state index contributed by atoms with van der Waals surface area (Å²) in [5.74, 6) is 0.621. The summed E-state index contributed by atoms with van der Waals surface area (Å²) in [5, 5.41) is 6.38. The predicted molar refractivity (Wildman–Crippen MR) is 115 cm³/mol. The van der Waals surface area contributed by atoms with Gasteiger partial charge in [0.25, 0.3) is 0 Å². The first-order valence-electron chi connectivity index (χ1n) is 9.64. The van der Waals surface area contributed by atoms with Crippen molar-refractivity contribution in [2.24, 2.45) is 4.99 Å². The number of para-hydroxylation sites is 1. The van der Waals surface area contributed by atoms with Gasteiger partial charge in [-0.25, -0.2) is 8.42 Å². The van der Waals surface area contributed by atoms with Crippen molar-refractivity contribution in [1.29, 1.82) is 0 Å². The number of benzene rings is 2. The van der Waals surface area contributed by atoms with Crippen molar-refractivity contribution in [3.63, 3.8) is 0 Å². The number of aliphatic imine (C=N–C) groups is 1. The Balaban J connectivity index is 1.53. The van der Waals surface area contributed by atoms with Gasteiger partial charge in [0.2, 0.25) is 10.0 Å². The van der Waals surface area contributed by atoms with E-state index in [1.54, 1.807) is 7.05 Å². The second-order valence-corrected chi connectivity index (χ2v) is 8.75. The lowest BCUT2D eigenvalue weighted by molar-refractivity contribution is 0.591. The molecule has 2 aromatic rings. The number of anilines is 1. The highest BCUT2D eigenvalue weighted by Crippen LogP contribution is 2.29. The maximum atomic E-state index is 12.8. The lowest BCUT2D eigenvalue weighted by Crippen LogP contribution is -2.41. The van der Waals surface area contributed by atoms with Crippen LogP contribution in [0.3, 0.4) is 0 Å². The molecule has 28 heavy (non-hydrogen) atoms. The van der Waals surface area contributed by atoms with E-state index >= 15 is 0 Å². The van der Waals surface area contributed by atoms with E-state index in [0.29, 0.717) is 25.6 Å². The zero-order valence-corrected chi connectivity index (χ0v) is 17.3. The molecule has 3 rings (SSSR count). The third-order valence-electron chi connectivity index (χ3n) is 5.00. The number of aryl methyl sites for hydroxylation is 1. The average Bonchev–Trinajstić information content (AvgIpc) is 3.16. The Bertz CT molecular complexity index is 941. The first kappa shape index (κ1) is 20.2. The standard InChI is InChI=1S/C21H28N4O2S/c1-3-17-8-4-5-10-19(17)16-24-21(22-2)23-13-15-28(26,27)25-14-12-18-9-6-7-11-20(18)25/h4-11H,3,12-16H2,1-2H3,(H2,22,23,24). The van der Waals surface area contributed by atoms with Gasteiger partial charge in [0.15, 0.2) is 5.96 Å². The number of sulfonamides is 1. The number of guanidine groups is 1. The molecule has 6 nitrogen and oxygen atoms in total. The molecule has 0 fully saturated rings. The fourth-order valence-electron chi connectivity index (χ4n) is 3.48. The van der Waals surface area contributed by atoms with Crippen LogP contribution in [-0.2, 0) is 29.4 Å². The van der Waals surface area contributed by atoms with E-state index in [0.717, 1.165) is 24.1 Å². The second-order valence-electron chi connectivity index (χ2n) is 6.74. The summed E-state index contributed by atoms with van der Waals surface area (Å²) < 4.78 is 27.0. The van der Waals surface area contributed by atoms with Gasteiger partial charge in [0.05, 0.1) is 11.4 Å². The molecule has 7 heteroatoms. The summed E-state index contributed by atoms with van der Waals surface area (Å²) in [6, 6.07) is 16.0. The number of rotatable bonds is 7. The molecule has 0 spiro atoms. The van der Waals surface area contributed by atoms with Gasteiger partial charge in [-0.05, 0) is 35.6 Å². The number of hydrogen-bond acceptors (Lipinski definition) is 3. The van der Waals surface area contributed by atoms with Crippen LogP contribution < -0.4 is 14.9 Å². The third-order valence-corrected chi connectivity index (χ3v) is 6.77. The monoisotopic (exact) mass is 400 g/mol. The van der Waals surface area contributed by atoms with Gasteiger partial charge >= 0.3 is 0 Å². The highest BCUT2D eigenvalue weighted by Gasteiger charge is 2.28. The molecule has 0 saturated carbocycles. The number of nitrogens with one attached hydrogen (secondary N) is 2. The SMILES string of the molecule is CCc1ccccc1CNC(=NC)NCCS(=O)(=O)N1CCc2ccccc21. The maximum Gasteiger partial charge on any atom is 0.236 e. The minimum Gasteiger partial charge on any atom is -0.355 e. The van der Waals surface area contributed by atoms with E-state index in [1.807, 2.05) is 36.4 Å². The Kier molecular flexibility index (Phi) is 6.57. The Morgan fingerprint density at radius 3 is 2.54 bits per heavy atom. The third kappa shape index (κ3) is 4.65. The van der Waals surface area contributed by atoms with Gasteiger partial charge in [-0.15, -0.1) is 0 Å². The van der Waals surface area contributed by atoms with E-state index in [4.69, 9.17) is 0 Å². The maximum absolute atomic E-state index is 12.8. The van der Waals surface area contributed by atoms with E-state index < -0.39 is 10.0 Å². The molecular weight excluding hydrogens is 372 g/mol. The summed E-state index contributed by atoms with van der Waals surface area (Å²) in [6.07, 6.45) is 1.74. The number of hydrogen-bond donors (Lipinski definition) is 2. The fraction of sp³-hybridized carbons (Fsp3) is 0.381. The van der Waals surface area contributed by atoms with Gasteiger partial charge in [-0.1, -0.05) is 49.4 Å². The molecule has 0 aliphatic carbocycles. The Labute approximate surface area is 167 Å². The highest BCUT2D eigenvalue weighted by molar-refractivity contribution is 7.92. The van der Waals surface area contributed by atoms with E-state index in [1.165, 1.54) is 15.4 Å². The van der Waals surface area contributed by atoms with Gasteiger partial charge in [-0.2, -0.15) is 0 Å². The summed E-state index contributed by atoms with van der Waals surface area (Å²) in [6.45, 7) is 3.60. The Morgan fingerprint density at radius 2 is 1.79 bits per heavy atom. The molecule has 0 atom stereocenters. The average molecular weight is 401 g/mol. The molecule has 1 aliphatic heterocycles. The quantitative estimate of drug-likeness (QED) is 0.553. The van der Waals surface area contributed by atoms with Crippen LogP contribution in [0.1, 0.15) is 23.6 Å². The molecule has 0 aromatic heterocycles. The Hall–Kier alpha value is -2.54. The molecule has 0 radical (unpaired) electrons. The molecule has 1 aliphatic rings. The molecule has 0 unspecified atom stereocenters. The first-order chi connectivity index (χ1) is 13.5. The van der Waals surface area contributed by atoms with Crippen LogP contribution in [0, 0.1) is 0 Å². The van der Waals surface area contributed by atoms with Crippen molar-refractivity contribution in [3.05, 3.63) is 65.2 Å². The molecule has 150 valence electrons. The minimum atomic E-state index is -3.37. The number of nitrogens with zero attached hydrogens (tertiary/aromatic N) is 2. The van der Waals surface area contributed by atoms with Gasteiger partial charge in [0, 0.05) is 26.7 Å². The summed E-state index contributed by atoms with van der Waals surface area (Å²) in [5.41, 5.74) is 4.40. The highest BCUT2D eigenvalue weighted by atomic mass is 32.2. The van der Waals surface area contributed by atoms with Crippen molar-refractivity contribution < 1.29 is 8.42 Å². The normalized spacial score (nSPS) is 14.1.